The van der Waals surface area contributed by atoms with Crippen LogP contribution in [0.15, 0.2) is 22.8 Å². The van der Waals surface area contributed by atoms with E-state index < -0.39 is 11.6 Å². The first-order valence-corrected chi connectivity index (χ1v) is 7.39. The van der Waals surface area contributed by atoms with Crippen LogP contribution in [0.2, 0.25) is 0 Å². The Morgan fingerprint density at radius 2 is 1.90 bits per heavy atom. The minimum absolute atomic E-state index is 0.0970. The van der Waals surface area contributed by atoms with Crippen LogP contribution in [0.3, 0.4) is 0 Å². The Kier molecular flexibility index (Phi) is 4.37. The zero-order valence-corrected chi connectivity index (χ0v) is 14.1. The molecule has 0 saturated carbocycles. The largest absolute Gasteiger partial charge is 0.378 e. The maximum Gasteiger partial charge on any atom is 0.149 e. The second-order valence-corrected chi connectivity index (χ2v) is 6.88. The number of benzene rings is 1. The summed E-state index contributed by atoms with van der Waals surface area (Å²) in [5.74, 6) is -1.23. The number of anilines is 1. The van der Waals surface area contributed by atoms with Crippen LogP contribution in [0.5, 0.6) is 0 Å². The first-order chi connectivity index (χ1) is 9.68. The van der Waals surface area contributed by atoms with E-state index in [0.29, 0.717) is 6.54 Å². The Balaban J connectivity index is 2.23. The number of nitrogens with zero attached hydrogens (tertiary/aromatic N) is 2. The van der Waals surface area contributed by atoms with Crippen molar-refractivity contribution < 1.29 is 8.78 Å². The molecule has 0 aliphatic heterocycles. The predicted octanol–water partition coefficient (Wildman–Crippen LogP) is 4.37. The summed E-state index contributed by atoms with van der Waals surface area (Å²) in [6.07, 6.45) is 1.91. The van der Waals surface area contributed by atoms with E-state index in [1.807, 2.05) is 13.2 Å². The van der Waals surface area contributed by atoms with Gasteiger partial charge in [-0.3, -0.25) is 4.68 Å². The molecule has 21 heavy (non-hydrogen) atoms. The number of hydrogen-bond donors (Lipinski definition) is 1. The maximum atomic E-state index is 13.7. The first kappa shape index (κ1) is 15.9. The highest BCUT2D eigenvalue weighted by Gasteiger charge is 2.21. The fraction of sp³-hybridized carbons (Fsp3) is 0.400. The van der Waals surface area contributed by atoms with Crippen molar-refractivity contribution >= 4 is 21.6 Å². The number of aryl methyl sites for hydroxylation is 1. The lowest BCUT2D eigenvalue weighted by Crippen LogP contribution is -2.16. The summed E-state index contributed by atoms with van der Waals surface area (Å²) in [7, 11) is 1.85. The quantitative estimate of drug-likeness (QED) is 0.826. The zero-order valence-electron chi connectivity index (χ0n) is 12.5. The molecule has 0 aliphatic carbocycles. The summed E-state index contributed by atoms with van der Waals surface area (Å²) in [6, 6.07) is 2.26. The monoisotopic (exact) mass is 357 g/mol. The molecular weight excluding hydrogens is 340 g/mol. The summed E-state index contributed by atoms with van der Waals surface area (Å²) in [4.78, 5) is 0. The van der Waals surface area contributed by atoms with Crippen molar-refractivity contribution in [3.63, 3.8) is 0 Å². The van der Waals surface area contributed by atoms with Gasteiger partial charge in [0.25, 0.3) is 0 Å². The standard InChI is InChI=1S/C15H18BrF2N3/c1-15(2,3)14-9(8-21(4)20-14)7-19-13-5-10(16)11(17)6-12(13)18/h5-6,8,19H,7H2,1-4H3. The Morgan fingerprint density at radius 3 is 2.52 bits per heavy atom. The van der Waals surface area contributed by atoms with Gasteiger partial charge in [0.2, 0.25) is 0 Å². The lowest BCUT2D eigenvalue weighted by Gasteiger charge is -2.18. The van der Waals surface area contributed by atoms with Gasteiger partial charge in [-0.15, -0.1) is 0 Å². The maximum absolute atomic E-state index is 13.7. The highest BCUT2D eigenvalue weighted by Crippen LogP contribution is 2.27. The summed E-state index contributed by atoms with van der Waals surface area (Å²) in [6.45, 7) is 6.66. The van der Waals surface area contributed by atoms with Crippen LogP contribution in [-0.2, 0) is 19.0 Å². The highest BCUT2D eigenvalue weighted by molar-refractivity contribution is 9.10. The van der Waals surface area contributed by atoms with Gasteiger partial charge in [0.1, 0.15) is 11.6 Å². The van der Waals surface area contributed by atoms with Crippen LogP contribution in [-0.4, -0.2) is 9.78 Å². The number of nitrogens with one attached hydrogen (secondary N) is 1. The molecule has 0 fully saturated rings. The molecule has 1 aromatic carbocycles. The molecule has 1 aromatic heterocycles. The second kappa shape index (κ2) is 5.75. The van der Waals surface area contributed by atoms with Crippen LogP contribution in [0.1, 0.15) is 32.0 Å². The van der Waals surface area contributed by atoms with E-state index >= 15 is 0 Å². The van der Waals surface area contributed by atoms with Gasteiger partial charge in [0.15, 0.2) is 0 Å². The Morgan fingerprint density at radius 1 is 1.24 bits per heavy atom. The molecule has 0 saturated heterocycles. The number of rotatable bonds is 3. The lowest BCUT2D eigenvalue weighted by atomic mass is 9.89. The van der Waals surface area contributed by atoms with E-state index in [-0.39, 0.29) is 15.6 Å². The first-order valence-electron chi connectivity index (χ1n) is 6.60. The van der Waals surface area contributed by atoms with Crippen molar-refractivity contribution in [2.75, 3.05) is 5.32 Å². The Labute approximate surface area is 131 Å². The van der Waals surface area contributed by atoms with E-state index in [2.05, 4.69) is 47.1 Å². The number of hydrogen-bond acceptors (Lipinski definition) is 2. The summed E-state index contributed by atoms with van der Waals surface area (Å²) < 4.78 is 28.9. The molecule has 0 aliphatic rings. The van der Waals surface area contributed by atoms with Gasteiger partial charge in [-0.05, 0) is 22.0 Å². The Bertz CT molecular complexity index is 660. The molecule has 0 amide bonds. The van der Waals surface area contributed by atoms with E-state index in [1.165, 1.54) is 6.07 Å². The highest BCUT2D eigenvalue weighted by atomic mass is 79.9. The Hall–Kier alpha value is -1.43. The van der Waals surface area contributed by atoms with Crippen LogP contribution >= 0.6 is 15.9 Å². The van der Waals surface area contributed by atoms with Crippen molar-refractivity contribution in [3.05, 3.63) is 45.7 Å². The molecule has 2 aromatic rings. The fourth-order valence-corrected chi connectivity index (χ4v) is 2.49. The molecule has 1 N–H and O–H groups in total. The SMILES string of the molecule is Cn1cc(CNc2cc(Br)c(F)cc2F)c(C(C)(C)C)n1. The van der Waals surface area contributed by atoms with E-state index in [0.717, 1.165) is 17.3 Å². The third-order valence-electron chi connectivity index (χ3n) is 3.09. The normalized spacial score (nSPS) is 11.8. The molecule has 0 atom stereocenters. The molecule has 2 rings (SSSR count). The molecule has 1 heterocycles. The van der Waals surface area contributed by atoms with Crippen LogP contribution in [0.25, 0.3) is 0 Å². The van der Waals surface area contributed by atoms with Gasteiger partial charge in [-0.1, -0.05) is 20.8 Å². The average Bonchev–Trinajstić information content (AvgIpc) is 2.73. The molecule has 3 nitrogen and oxygen atoms in total. The third-order valence-corrected chi connectivity index (χ3v) is 3.70. The van der Waals surface area contributed by atoms with Crippen molar-refractivity contribution in [2.45, 2.75) is 32.7 Å². The molecule has 6 heteroatoms. The van der Waals surface area contributed by atoms with Crippen molar-refractivity contribution in [3.8, 4) is 0 Å². The summed E-state index contributed by atoms with van der Waals surface area (Å²) in [5.41, 5.74) is 2.11. The van der Waals surface area contributed by atoms with Gasteiger partial charge < -0.3 is 5.32 Å². The van der Waals surface area contributed by atoms with Crippen molar-refractivity contribution in [2.24, 2.45) is 7.05 Å². The molecule has 0 bridgehead atoms. The summed E-state index contributed by atoms with van der Waals surface area (Å²) in [5, 5.41) is 7.46. The molecule has 0 radical (unpaired) electrons. The van der Waals surface area contributed by atoms with Gasteiger partial charge >= 0.3 is 0 Å². The molecule has 0 unspecified atom stereocenters. The van der Waals surface area contributed by atoms with Gasteiger partial charge in [-0.25, -0.2) is 8.78 Å². The predicted molar refractivity (Wildman–Crippen MR) is 83.3 cm³/mol. The summed E-state index contributed by atoms with van der Waals surface area (Å²) >= 11 is 3.06. The molecule has 0 spiro atoms. The van der Waals surface area contributed by atoms with Crippen molar-refractivity contribution in [1.29, 1.82) is 0 Å². The van der Waals surface area contributed by atoms with E-state index in [4.69, 9.17) is 0 Å². The minimum Gasteiger partial charge on any atom is -0.378 e. The van der Waals surface area contributed by atoms with E-state index in [1.54, 1.807) is 4.68 Å². The lowest BCUT2D eigenvalue weighted by molar-refractivity contribution is 0.548. The second-order valence-electron chi connectivity index (χ2n) is 6.03. The number of aromatic nitrogens is 2. The minimum atomic E-state index is -0.616. The van der Waals surface area contributed by atoms with Crippen LogP contribution < -0.4 is 5.32 Å². The van der Waals surface area contributed by atoms with Crippen LogP contribution in [0, 0.1) is 11.6 Å². The molecule has 114 valence electrons. The average molecular weight is 358 g/mol. The van der Waals surface area contributed by atoms with Gasteiger partial charge in [0, 0.05) is 36.8 Å². The van der Waals surface area contributed by atoms with Gasteiger partial charge in [0.05, 0.1) is 15.9 Å². The smallest absolute Gasteiger partial charge is 0.149 e. The van der Waals surface area contributed by atoms with Crippen LogP contribution in [0.4, 0.5) is 14.5 Å². The zero-order chi connectivity index (χ0) is 15.8. The van der Waals surface area contributed by atoms with E-state index in [9.17, 15) is 8.78 Å². The van der Waals surface area contributed by atoms with Gasteiger partial charge in [-0.2, -0.15) is 5.10 Å². The third kappa shape index (κ3) is 3.61. The number of halogens is 3. The molecular formula is C15H18BrF2N3. The topological polar surface area (TPSA) is 29.9 Å². The fourth-order valence-electron chi connectivity index (χ4n) is 2.15. The van der Waals surface area contributed by atoms with Crippen molar-refractivity contribution in [1.82, 2.24) is 9.78 Å².